The van der Waals surface area contributed by atoms with Gasteiger partial charge in [0.1, 0.15) is 6.29 Å². The van der Waals surface area contributed by atoms with Crippen LogP contribution in [0.1, 0.15) is 96.8 Å². The monoisotopic (exact) mass is 288 g/mol. The minimum atomic E-state index is 0. The van der Waals surface area contributed by atoms with E-state index in [1.807, 2.05) is 0 Å². The quantitative estimate of drug-likeness (QED) is 0.263. The van der Waals surface area contributed by atoms with Gasteiger partial charge in [0, 0.05) is 6.42 Å². The van der Waals surface area contributed by atoms with E-state index in [-0.39, 0.29) is 59.1 Å². The first kappa shape index (κ1) is 25.6. The molecule has 0 rings (SSSR count). The van der Waals surface area contributed by atoms with Crippen LogP contribution in [0.4, 0.5) is 0 Å². The van der Waals surface area contributed by atoms with E-state index >= 15 is 0 Å². The molecule has 19 heavy (non-hydrogen) atoms. The van der Waals surface area contributed by atoms with E-state index in [9.17, 15) is 4.79 Å². The van der Waals surface area contributed by atoms with Gasteiger partial charge in [-0.25, -0.2) is 0 Å². The zero-order valence-corrected chi connectivity index (χ0v) is 11.9. The second kappa shape index (κ2) is 24.7. The van der Waals surface area contributed by atoms with Crippen molar-refractivity contribution < 1.29 is 4.79 Å². The molecule has 0 aromatic carbocycles. The Morgan fingerprint density at radius 2 is 0.895 bits per heavy atom. The Morgan fingerprint density at radius 1 is 0.579 bits per heavy atom. The molecule has 0 saturated carbocycles. The van der Waals surface area contributed by atoms with E-state index < -0.39 is 0 Å². The molecule has 0 bridgehead atoms. The van der Waals surface area contributed by atoms with Gasteiger partial charge in [0.05, 0.1) is 0 Å². The molecule has 0 aromatic heterocycles. The Morgan fingerprint density at radius 3 is 1.21 bits per heavy atom. The minimum absolute atomic E-state index is 0. The average molecular weight is 288 g/mol. The molecule has 0 aliphatic heterocycles. The summed E-state index contributed by atoms with van der Waals surface area (Å²) < 4.78 is 0. The molecule has 0 aromatic rings. The summed E-state index contributed by atoms with van der Waals surface area (Å²) in [5.41, 5.74) is 0. The molecule has 0 N–H and O–H groups in total. The van der Waals surface area contributed by atoms with Gasteiger partial charge in [0.25, 0.3) is 0 Å². The molecule has 106 valence electrons. The van der Waals surface area contributed by atoms with E-state index in [0.717, 1.165) is 19.1 Å². The number of unbranched alkanes of at least 4 members (excludes halogenated alkanes) is 13. The predicted octanol–water partition coefficient (Wildman–Crippen LogP) is 4.37. The number of aldehydes is 1. The molecular formula is C16H34Na2O. The van der Waals surface area contributed by atoms with E-state index in [2.05, 4.69) is 6.92 Å². The third kappa shape index (κ3) is 25.0. The zero-order chi connectivity index (χ0) is 12.6. The summed E-state index contributed by atoms with van der Waals surface area (Å²) in [7, 11) is 0. The van der Waals surface area contributed by atoms with Crippen LogP contribution in [0.25, 0.3) is 0 Å². The van der Waals surface area contributed by atoms with Crippen molar-refractivity contribution >= 4 is 65.4 Å². The van der Waals surface area contributed by atoms with Gasteiger partial charge < -0.3 is 4.79 Å². The van der Waals surface area contributed by atoms with Crippen LogP contribution in [-0.2, 0) is 4.79 Å². The van der Waals surface area contributed by atoms with Crippen molar-refractivity contribution in [2.24, 2.45) is 0 Å². The van der Waals surface area contributed by atoms with E-state index in [0.29, 0.717) is 0 Å². The fourth-order valence-corrected chi connectivity index (χ4v) is 2.25. The Balaban J connectivity index is -0.00000128. The molecule has 0 fully saturated rings. The van der Waals surface area contributed by atoms with Crippen molar-refractivity contribution in [2.75, 3.05) is 0 Å². The molecule has 0 heterocycles. The fourth-order valence-electron chi connectivity index (χ4n) is 2.25. The van der Waals surface area contributed by atoms with Crippen LogP contribution in [0.15, 0.2) is 0 Å². The van der Waals surface area contributed by atoms with Gasteiger partial charge in [-0.1, -0.05) is 84.0 Å². The van der Waals surface area contributed by atoms with Crippen molar-refractivity contribution in [3.63, 3.8) is 0 Å². The Kier molecular flexibility index (Phi) is 33.3. The van der Waals surface area contributed by atoms with Crippen LogP contribution in [0.2, 0.25) is 0 Å². The van der Waals surface area contributed by atoms with Crippen LogP contribution in [0.5, 0.6) is 0 Å². The van der Waals surface area contributed by atoms with Gasteiger partial charge in [0.2, 0.25) is 0 Å². The molecule has 0 atom stereocenters. The molecule has 0 spiro atoms. The van der Waals surface area contributed by atoms with Crippen molar-refractivity contribution in [1.29, 1.82) is 0 Å². The molecule has 0 aliphatic carbocycles. The first-order valence-electron chi connectivity index (χ1n) is 7.85. The molecule has 0 unspecified atom stereocenters. The van der Waals surface area contributed by atoms with Crippen LogP contribution >= 0.6 is 0 Å². The van der Waals surface area contributed by atoms with Crippen molar-refractivity contribution in [3.05, 3.63) is 0 Å². The number of rotatable bonds is 14. The normalized spacial score (nSPS) is 9.53. The Hall–Kier alpha value is 1.67. The van der Waals surface area contributed by atoms with Crippen molar-refractivity contribution in [2.45, 2.75) is 96.8 Å². The summed E-state index contributed by atoms with van der Waals surface area (Å²) in [5, 5.41) is 0. The van der Waals surface area contributed by atoms with Gasteiger partial charge in [0.15, 0.2) is 0 Å². The maximum absolute atomic E-state index is 10.1. The first-order chi connectivity index (χ1) is 8.41. The summed E-state index contributed by atoms with van der Waals surface area (Å²) in [4.78, 5) is 10.1. The second-order valence-corrected chi connectivity index (χ2v) is 5.20. The third-order valence-electron chi connectivity index (χ3n) is 3.43. The number of hydrogen-bond acceptors (Lipinski definition) is 1. The SMILES string of the molecule is CCCCCCCCCCCCCCCC=O.[NaH].[NaH]. The van der Waals surface area contributed by atoms with Crippen LogP contribution in [0.3, 0.4) is 0 Å². The van der Waals surface area contributed by atoms with Crippen molar-refractivity contribution in [3.8, 4) is 0 Å². The third-order valence-corrected chi connectivity index (χ3v) is 3.43. The fraction of sp³-hybridized carbons (Fsp3) is 0.938. The molecule has 3 heteroatoms. The summed E-state index contributed by atoms with van der Waals surface area (Å²) in [6.07, 6.45) is 19.6. The molecule has 0 saturated heterocycles. The molecular weight excluding hydrogens is 254 g/mol. The summed E-state index contributed by atoms with van der Waals surface area (Å²) in [5.74, 6) is 0. The van der Waals surface area contributed by atoms with Gasteiger partial charge >= 0.3 is 59.1 Å². The van der Waals surface area contributed by atoms with E-state index in [1.54, 1.807) is 0 Å². The zero-order valence-electron chi connectivity index (χ0n) is 11.9. The Bertz CT molecular complexity index is 152. The van der Waals surface area contributed by atoms with Gasteiger partial charge in [-0.2, -0.15) is 0 Å². The average Bonchev–Trinajstić information content (AvgIpc) is 2.35. The first-order valence-corrected chi connectivity index (χ1v) is 7.85. The van der Waals surface area contributed by atoms with Crippen molar-refractivity contribution in [1.82, 2.24) is 0 Å². The summed E-state index contributed by atoms with van der Waals surface area (Å²) in [6, 6.07) is 0. The summed E-state index contributed by atoms with van der Waals surface area (Å²) in [6.45, 7) is 2.27. The maximum atomic E-state index is 10.1. The molecule has 0 amide bonds. The second-order valence-electron chi connectivity index (χ2n) is 5.20. The molecule has 0 radical (unpaired) electrons. The molecule has 0 aliphatic rings. The number of carbonyl (C=O) groups is 1. The predicted molar refractivity (Wildman–Crippen MR) is 90.7 cm³/mol. The standard InChI is InChI=1S/C16H32O.2Na.2H/c1-2-3-4-5-6-7-8-9-10-11-12-13-14-15-16-17;;;;/h16H,2-15H2,1H3;;;;. The van der Waals surface area contributed by atoms with Gasteiger partial charge in [-0.15, -0.1) is 0 Å². The van der Waals surface area contributed by atoms with E-state index in [4.69, 9.17) is 0 Å². The van der Waals surface area contributed by atoms with Gasteiger partial charge in [-0.05, 0) is 6.42 Å². The molecule has 1 nitrogen and oxygen atoms in total. The van der Waals surface area contributed by atoms with Crippen LogP contribution in [0, 0.1) is 0 Å². The Labute approximate surface area is 165 Å². The summed E-state index contributed by atoms with van der Waals surface area (Å²) >= 11 is 0. The number of carbonyl (C=O) groups excluding carboxylic acids is 1. The van der Waals surface area contributed by atoms with Gasteiger partial charge in [-0.3, -0.25) is 0 Å². The van der Waals surface area contributed by atoms with Crippen LogP contribution < -0.4 is 0 Å². The number of hydrogen-bond donors (Lipinski definition) is 0. The topological polar surface area (TPSA) is 17.1 Å². The van der Waals surface area contributed by atoms with E-state index in [1.165, 1.54) is 77.0 Å². The van der Waals surface area contributed by atoms with Crippen LogP contribution in [-0.4, -0.2) is 65.4 Å².